The lowest BCUT2D eigenvalue weighted by molar-refractivity contribution is -0.146. The minimum absolute atomic E-state index is 0.122. The number of nitrogens with zero attached hydrogens (tertiary/aromatic N) is 1. The molecule has 1 aliphatic rings. The van der Waals surface area contributed by atoms with Crippen molar-refractivity contribution in [3.05, 3.63) is 58.3 Å². The molecule has 1 aromatic carbocycles. The van der Waals surface area contributed by atoms with Crippen molar-refractivity contribution in [1.82, 2.24) is 4.90 Å². The van der Waals surface area contributed by atoms with E-state index in [1.54, 1.807) is 11.3 Å². The van der Waals surface area contributed by atoms with Gasteiger partial charge in [-0.05, 0) is 40.8 Å². The molecule has 1 saturated heterocycles. The Bertz CT molecular complexity index is 582. The van der Waals surface area contributed by atoms with E-state index in [2.05, 4.69) is 46.0 Å². The summed E-state index contributed by atoms with van der Waals surface area (Å²) in [5, 5.41) is 4.26. The number of hydrogen-bond donors (Lipinski definition) is 0. The molecule has 0 amide bonds. The van der Waals surface area contributed by atoms with Gasteiger partial charge in [0.1, 0.15) is 6.04 Å². The molecule has 1 aromatic heterocycles. The molecule has 3 rings (SSSR count). The maximum atomic E-state index is 12.1. The Kier molecular flexibility index (Phi) is 4.36. The van der Waals surface area contributed by atoms with Crippen LogP contribution in [-0.4, -0.2) is 30.6 Å². The molecular weight excluding hydrogens is 282 g/mol. The zero-order chi connectivity index (χ0) is 14.7. The van der Waals surface area contributed by atoms with Gasteiger partial charge in [-0.2, -0.15) is 11.3 Å². The van der Waals surface area contributed by atoms with Crippen LogP contribution in [0, 0.1) is 0 Å². The maximum absolute atomic E-state index is 12.1. The minimum Gasteiger partial charge on any atom is -0.468 e. The summed E-state index contributed by atoms with van der Waals surface area (Å²) in [4.78, 5) is 14.3. The summed E-state index contributed by atoms with van der Waals surface area (Å²) < 4.78 is 4.99. The fourth-order valence-corrected chi connectivity index (χ4v) is 3.81. The number of carbonyl (C=O) groups is 1. The molecule has 110 valence electrons. The Morgan fingerprint density at radius 2 is 2.10 bits per heavy atom. The lowest BCUT2D eigenvalue weighted by Crippen LogP contribution is -2.39. The third kappa shape index (κ3) is 2.87. The van der Waals surface area contributed by atoms with Gasteiger partial charge in [0.05, 0.1) is 13.2 Å². The van der Waals surface area contributed by atoms with Crippen molar-refractivity contribution < 1.29 is 9.53 Å². The Morgan fingerprint density at radius 3 is 2.76 bits per heavy atom. The highest BCUT2D eigenvalue weighted by molar-refractivity contribution is 7.08. The van der Waals surface area contributed by atoms with E-state index in [0.29, 0.717) is 0 Å². The summed E-state index contributed by atoms with van der Waals surface area (Å²) in [6, 6.07) is 12.5. The van der Waals surface area contributed by atoms with E-state index in [9.17, 15) is 4.79 Å². The topological polar surface area (TPSA) is 29.5 Å². The molecule has 0 N–H and O–H groups in total. The van der Waals surface area contributed by atoms with Gasteiger partial charge in [-0.15, -0.1) is 0 Å². The molecule has 0 spiro atoms. The molecule has 0 saturated carbocycles. The Balaban J connectivity index is 1.98. The predicted octanol–water partition coefficient (Wildman–Crippen LogP) is 3.47. The standard InChI is InChI=1S/C17H19NO2S/c1-20-17(19)15-8-5-10-18(15)16(14-9-11-21-12-14)13-6-3-2-4-7-13/h2-4,6-7,9,11-12,15-16H,5,8,10H2,1H3/t15-,16?/m0/s1. The Hall–Kier alpha value is -1.65. The number of thiophene rings is 1. The molecule has 0 aliphatic carbocycles. The van der Waals surface area contributed by atoms with Gasteiger partial charge in [0, 0.05) is 6.54 Å². The third-order valence-electron chi connectivity index (χ3n) is 4.07. The molecular formula is C17H19NO2S. The highest BCUT2D eigenvalue weighted by Crippen LogP contribution is 2.35. The number of ether oxygens (including phenoxy) is 1. The first-order valence-corrected chi connectivity index (χ1v) is 8.16. The zero-order valence-electron chi connectivity index (χ0n) is 12.1. The molecule has 3 nitrogen and oxygen atoms in total. The number of benzene rings is 1. The maximum Gasteiger partial charge on any atom is 0.323 e. The molecule has 0 bridgehead atoms. The number of esters is 1. The first kappa shape index (κ1) is 14.3. The van der Waals surface area contributed by atoms with Crippen molar-refractivity contribution in [3.8, 4) is 0 Å². The van der Waals surface area contributed by atoms with Crippen molar-refractivity contribution in [3.63, 3.8) is 0 Å². The number of hydrogen-bond acceptors (Lipinski definition) is 4. The average molecular weight is 301 g/mol. The first-order chi connectivity index (χ1) is 10.3. The van der Waals surface area contributed by atoms with Gasteiger partial charge in [0.15, 0.2) is 0 Å². The van der Waals surface area contributed by atoms with Gasteiger partial charge in [0.25, 0.3) is 0 Å². The fourth-order valence-electron chi connectivity index (χ4n) is 3.13. The molecule has 0 radical (unpaired) electrons. The van der Waals surface area contributed by atoms with E-state index in [1.165, 1.54) is 18.2 Å². The van der Waals surface area contributed by atoms with Gasteiger partial charge in [-0.25, -0.2) is 0 Å². The molecule has 2 heterocycles. The molecule has 2 atom stereocenters. The zero-order valence-corrected chi connectivity index (χ0v) is 12.9. The normalized spacial score (nSPS) is 20.3. The van der Waals surface area contributed by atoms with E-state index in [1.807, 2.05) is 6.07 Å². The van der Waals surface area contributed by atoms with Crippen LogP contribution in [0.4, 0.5) is 0 Å². The summed E-state index contributed by atoms with van der Waals surface area (Å²) in [6.07, 6.45) is 1.91. The fraction of sp³-hybridized carbons (Fsp3) is 0.353. The minimum atomic E-state index is -0.139. The SMILES string of the molecule is COC(=O)[C@@H]1CCCN1C(c1ccccc1)c1ccsc1. The van der Waals surface area contributed by atoms with Crippen LogP contribution in [-0.2, 0) is 9.53 Å². The van der Waals surface area contributed by atoms with E-state index < -0.39 is 0 Å². The highest BCUT2D eigenvalue weighted by atomic mass is 32.1. The van der Waals surface area contributed by atoms with Gasteiger partial charge in [-0.3, -0.25) is 9.69 Å². The quantitative estimate of drug-likeness (QED) is 0.810. The van der Waals surface area contributed by atoms with Crippen LogP contribution in [0.5, 0.6) is 0 Å². The predicted molar refractivity (Wildman–Crippen MR) is 84.3 cm³/mol. The van der Waals surface area contributed by atoms with Crippen LogP contribution in [0.25, 0.3) is 0 Å². The molecule has 4 heteroatoms. The Morgan fingerprint density at radius 1 is 1.29 bits per heavy atom. The second-order valence-corrected chi connectivity index (χ2v) is 6.07. The van der Waals surface area contributed by atoms with Gasteiger partial charge >= 0.3 is 5.97 Å². The smallest absolute Gasteiger partial charge is 0.323 e. The summed E-state index contributed by atoms with van der Waals surface area (Å²) in [5.41, 5.74) is 2.48. The van der Waals surface area contributed by atoms with Crippen LogP contribution >= 0.6 is 11.3 Å². The summed E-state index contributed by atoms with van der Waals surface area (Å²) >= 11 is 1.69. The number of rotatable bonds is 4. The molecule has 1 unspecified atom stereocenters. The molecule has 21 heavy (non-hydrogen) atoms. The third-order valence-corrected chi connectivity index (χ3v) is 4.77. The van der Waals surface area contributed by atoms with Gasteiger partial charge < -0.3 is 4.74 Å². The summed E-state index contributed by atoms with van der Waals surface area (Å²) in [6.45, 7) is 0.926. The Labute approximate surface area is 129 Å². The van der Waals surface area contributed by atoms with Crippen LogP contribution in [0.15, 0.2) is 47.2 Å². The largest absolute Gasteiger partial charge is 0.468 e. The van der Waals surface area contributed by atoms with Crippen LogP contribution in [0.2, 0.25) is 0 Å². The van der Waals surface area contributed by atoms with E-state index in [4.69, 9.17) is 4.74 Å². The van der Waals surface area contributed by atoms with E-state index in [0.717, 1.165) is 19.4 Å². The van der Waals surface area contributed by atoms with E-state index >= 15 is 0 Å². The number of methoxy groups -OCH3 is 1. The molecule has 1 aliphatic heterocycles. The number of likely N-dealkylation sites (tertiary alicyclic amines) is 1. The monoisotopic (exact) mass is 301 g/mol. The van der Waals surface area contributed by atoms with Gasteiger partial charge in [0.2, 0.25) is 0 Å². The van der Waals surface area contributed by atoms with Crippen LogP contribution < -0.4 is 0 Å². The highest BCUT2D eigenvalue weighted by Gasteiger charge is 2.37. The first-order valence-electron chi connectivity index (χ1n) is 7.22. The van der Waals surface area contributed by atoms with Crippen LogP contribution in [0.1, 0.15) is 30.0 Å². The number of carbonyl (C=O) groups excluding carboxylic acids is 1. The van der Waals surface area contributed by atoms with Crippen molar-refractivity contribution in [1.29, 1.82) is 0 Å². The average Bonchev–Trinajstić information content (AvgIpc) is 3.20. The van der Waals surface area contributed by atoms with E-state index in [-0.39, 0.29) is 18.1 Å². The summed E-state index contributed by atoms with van der Waals surface area (Å²) in [7, 11) is 1.47. The lowest BCUT2D eigenvalue weighted by Gasteiger charge is -2.31. The van der Waals surface area contributed by atoms with Crippen LogP contribution in [0.3, 0.4) is 0 Å². The lowest BCUT2D eigenvalue weighted by atomic mass is 9.98. The second-order valence-electron chi connectivity index (χ2n) is 5.29. The van der Waals surface area contributed by atoms with Crippen molar-refractivity contribution in [2.45, 2.75) is 24.9 Å². The van der Waals surface area contributed by atoms with Crippen molar-refractivity contribution in [2.75, 3.05) is 13.7 Å². The summed E-state index contributed by atoms with van der Waals surface area (Å²) in [5.74, 6) is -0.122. The second kappa shape index (κ2) is 6.41. The molecule has 1 fully saturated rings. The van der Waals surface area contributed by atoms with Crippen molar-refractivity contribution >= 4 is 17.3 Å². The molecule has 2 aromatic rings. The van der Waals surface area contributed by atoms with Gasteiger partial charge in [-0.1, -0.05) is 30.3 Å². The van der Waals surface area contributed by atoms with Crippen molar-refractivity contribution in [2.24, 2.45) is 0 Å².